The van der Waals surface area contributed by atoms with Crippen LogP contribution in [-0.4, -0.2) is 28.2 Å². The van der Waals surface area contributed by atoms with Crippen LogP contribution < -0.4 is 14.2 Å². The van der Waals surface area contributed by atoms with Gasteiger partial charge in [-0.05, 0) is 56.2 Å². The molecule has 0 bridgehead atoms. The number of hydrogen-bond donors (Lipinski definition) is 1. The maximum atomic E-state index is 12.7. The van der Waals surface area contributed by atoms with Gasteiger partial charge in [0, 0.05) is 0 Å². The van der Waals surface area contributed by atoms with Crippen molar-refractivity contribution in [3.8, 4) is 11.5 Å². The van der Waals surface area contributed by atoms with E-state index in [-0.39, 0.29) is 17.5 Å². The Morgan fingerprint density at radius 3 is 2.17 bits per heavy atom. The number of rotatable bonds is 7. The number of aryl methyl sites for hydroxylation is 2. The molecule has 2 aromatic rings. The smallest absolute Gasteiger partial charge is 0.241 e. The fourth-order valence-electron chi connectivity index (χ4n) is 2.55. The number of ether oxygens (including phenoxy) is 2. The highest BCUT2D eigenvalue weighted by molar-refractivity contribution is 7.89. The van der Waals surface area contributed by atoms with Gasteiger partial charge in [-0.1, -0.05) is 18.2 Å². The molecule has 0 aliphatic carbocycles. The SMILES string of the molecule is COc1cc(C)c(S(=O)(=O)N[C@@H](C)COc2ccccc2)c(C)c1. The van der Waals surface area contributed by atoms with Crippen LogP contribution in [0, 0.1) is 13.8 Å². The fourth-order valence-corrected chi connectivity index (χ4v) is 4.23. The normalized spacial score (nSPS) is 12.7. The second-order valence-electron chi connectivity index (χ2n) is 5.74. The second kappa shape index (κ2) is 7.68. The molecule has 0 unspecified atom stereocenters. The van der Waals surface area contributed by atoms with Gasteiger partial charge in [-0.25, -0.2) is 13.1 Å². The Hall–Kier alpha value is -2.05. The van der Waals surface area contributed by atoms with E-state index in [1.807, 2.05) is 30.3 Å². The number of hydrogen-bond acceptors (Lipinski definition) is 4. The van der Waals surface area contributed by atoms with E-state index in [1.165, 1.54) is 0 Å². The first-order valence-electron chi connectivity index (χ1n) is 7.69. The predicted octanol–water partition coefficient (Wildman–Crippen LogP) is 3.06. The first-order chi connectivity index (χ1) is 11.3. The first kappa shape index (κ1) is 18.3. The van der Waals surface area contributed by atoms with Crippen LogP contribution in [0.25, 0.3) is 0 Å². The topological polar surface area (TPSA) is 64.6 Å². The Balaban J connectivity index is 2.10. The Morgan fingerprint density at radius 1 is 1.04 bits per heavy atom. The highest BCUT2D eigenvalue weighted by atomic mass is 32.2. The van der Waals surface area contributed by atoms with E-state index in [2.05, 4.69) is 4.72 Å². The monoisotopic (exact) mass is 349 g/mol. The molecule has 0 aliphatic rings. The maximum Gasteiger partial charge on any atom is 0.241 e. The lowest BCUT2D eigenvalue weighted by atomic mass is 10.1. The van der Waals surface area contributed by atoms with Crippen LogP contribution in [0.5, 0.6) is 11.5 Å². The molecule has 0 saturated heterocycles. The number of nitrogens with one attached hydrogen (secondary N) is 1. The van der Waals surface area contributed by atoms with Crippen molar-refractivity contribution in [2.24, 2.45) is 0 Å². The Morgan fingerprint density at radius 2 is 1.62 bits per heavy atom. The first-order valence-corrected chi connectivity index (χ1v) is 9.17. The molecule has 0 radical (unpaired) electrons. The summed E-state index contributed by atoms with van der Waals surface area (Å²) in [6.45, 7) is 5.54. The van der Waals surface area contributed by atoms with Gasteiger partial charge in [-0.2, -0.15) is 0 Å². The minimum Gasteiger partial charge on any atom is -0.497 e. The molecule has 0 spiro atoms. The second-order valence-corrected chi connectivity index (χ2v) is 7.39. The van der Waals surface area contributed by atoms with E-state index in [1.54, 1.807) is 40.0 Å². The summed E-state index contributed by atoms with van der Waals surface area (Å²) in [5.74, 6) is 1.35. The van der Waals surface area contributed by atoms with Crippen LogP contribution >= 0.6 is 0 Å². The molecule has 0 saturated carbocycles. The summed E-state index contributed by atoms with van der Waals surface area (Å²) in [6, 6.07) is 12.4. The largest absolute Gasteiger partial charge is 0.497 e. The Labute approximate surface area is 143 Å². The van der Waals surface area contributed by atoms with Gasteiger partial charge in [0.15, 0.2) is 0 Å². The number of para-hydroxylation sites is 1. The van der Waals surface area contributed by atoms with Crippen LogP contribution in [0.2, 0.25) is 0 Å². The molecule has 0 aliphatic heterocycles. The van der Waals surface area contributed by atoms with Crippen LogP contribution in [0.1, 0.15) is 18.1 Å². The molecular weight excluding hydrogens is 326 g/mol. The summed E-state index contributed by atoms with van der Waals surface area (Å²) in [7, 11) is -2.08. The highest BCUT2D eigenvalue weighted by Gasteiger charge is 2.22. The average Bonchev–Trinajstić information content (AvgIpc) is 2.52. The standard InChI is InChI=1S/C18H23NO4S/c1-13-10-17(22-4)11-14(2)18(13)24(20,21)19-15(3)12-23-16-8-6-5-7-9-16/h5-11,15,19H,12H2,1-4H3/t15-/m0/s1. The third kappa shape index (κ3) is 4.49. The zero-order valence-corrected chi connectivity index (χ0v) is 15.2. The van der Waals surface area contributed by atoms with Crippen molar-refractivity contribution >= 4 is 10.0 Å². The molecule has 5 nitrogen and oxygen atoms in total. The van der Waals surface area contributed by atoms with Crippen molar-refractivity contribution in [3.63, 3.8) is 0 Å². The van der Waals surface area contributed by atoms with Crippen molar-refractivity contribution in [3.05, 3.63) is 53.6 Å². The fraction of sp³-hybridized carbons (Fsp3) is 0.333. The van der Waals surface area contributed by atoms with Gasteiger partial charge in [-0.15, -0.1) is 0 Å². The zero-order valence-electron chi connectivity index (χ0n) is 14.4. The maximum absolute atomic E-state index is 12.7. The van der Waals surface area contributed by atoms with Crippen molar-refractivity contribution in [1.82, 2.24) is 4.72 Å². The predicted molar refractivity (Wildman–Crippen MR) is 94.2 cm³/mol. The zero-order chi connectivity index (χ0) is 17.7. The molecule has 1 N–H and O–H groups in total. The third-order valence-corrected chi connectivity index (χ3v) is 5.43. The lowest BCUT2D eigenvalue weighted by molar-refractivity contribution is 0.287. The number of sulfonamides is 1. The molecule has 0 aromatic heterocycles. The van der Waals surface area contributed by atoms with Gasteiger partial charge in [-0.3, -0.25) is 0 Å². The van der Waals surface area contributed by atoms with Gasteiger partial charge >= 0.3 is 0 Å². The van der Waals surface area contributed by atoms with Gasteiger partial charge in [0.1, 0.15) is 18.1 Å². The van der Waals surface area contributed by atoms with Gasteiger partial charge < -0.3 is 9.47 Å². The molecule has 2 aromatic carbocycles. The number of methoxy groups -OCH3 is 1. The van der Waals surface area contributed by atoms with Gasteiger partial charge in [0.25, 0.3) is 0 Å². The van der Waals surface area contributed by atoms with E-state index in [0.29, 0.717) is 22.6 Å². The van der Waals surface area contributed by atoms with E-state index in [0.717, 1.165) is 0 Å². The summed E-state index contributed by atoms with van der Waals surface area (Å²) >= 11 is 0. The van der Waals surface area contributed by atoms with Crippen LogP contribution in [0.3, 0.4) is 0 Å². The van der Waals surface area contributed by atoms with E-state index in [4.69, 9.17) is 9.47 Å². The lowest BCUT2D eigenvalue weighted by Crippen LogP contribution is -2.37. The third-order valence-electron chi connectivity index (χ3n) is 3.54. The Kier molecular flexibility index (Phi) is 5.85. The molecule has 0 amide bonds. The Bertz CT molecular complexity index is 765. The van der Waals surface area contributed by atoms with Crippen molar-refractivity contribution < 1.29 is 17.9 Å². The summed E-state index contributed by atoms with van der Waals surface area (Å²) in [5, 5.41) is 0. The highest BCUT2D eigenvalue weighted by Crippen LogP contribution is 2.25. The van der Waals surface area contributed by atoms with Gasteiger partial charge in [0.05, 0.1) is 18.0 Å². The average molecular weight is 349 g/mol. The molecule has 2 rings (SSSR count). The number of benzene rings is 2. The van der Waals surface area contributed by atoms with Crippen LogP contribution in [0.15, 0.2) is 47.4 Å². The minimum atomic E-state index is -3.64. The molecule has 24 heavy (non-hydrogen) atoms. The summed E-state index contributed by atoms with van der Waals surface area (Å²) in [4.78, 5) is 0.287. The van der Waals surface area contributed by atoms with Crippen molar-refractivity contribution in [2.75, 3.05) is 13.7 Å². The van der Waals surface area contributed by atoms with Crippen LogP contribution in [-0.2, 0) is 10.0 Å². The molecular formula is C18H23NO4S. The molecule has 0 heterocycles. The summed E-state index contributed by atoms with van der Waals surface area (Å²) in [5.41, 5.74) is 1.30. The molecule has 1 atom stereocenters. The van der Waals surface area contributed by atoms with E-state index in [9.17, 15) is 8.42 Å². The summed E-state index contributed by atoms with van der Waals surface area (Å²) in [6.07, 6.45) is 0. The van der Waals surface area contributed by atoms with Gasteiger partial charge in [0.2, 0.25) is 10.0 Å². The molecule has 6 heteroatoms. The quantitative estimate of drug-likeness (QED) is 0.834. The van der Waals surface area contributed by atoms with Crippen molar-refractivity contribution in [2.45, 2.75) is 31.7 Å². The van der Waals surface area contributed by atoms with Crippen LogP contribution in [0.4, 0.5) is 0 Å². The minimum absolute atomic E-state index is 0.248. The summed E-state index contributed by atoms with van der Waals surface area (Å²) < 4.78 is 38.8. The molecule has 130 valence electrons. The lowest BCUT2D eigenvalue weighted by Gasteiger charge is -2.18. The van der Waals surface area contributed by atoms with E-state index >= 15 is 0 Å². The van der Waals surface area contributed by atoms with E-state index < -0.39 is 10.0 Å². The molecule has 0 fully saturated rings. The van der Waals surface area contributed by atoms with Crippen molar-refractivity contribution in [1.29, 1.82) is 0 Å².